The topological polar surface area (TPSA) is 26.3 Å². The number of hydrogen-bond donors (Lipinski definition) is 0. The molecule has 2 nitrogen and oxygen atoms in total. The van der Waals surface area contributed by atoms with E-state index in [4.69, 9.17) is 4.74 Å². The van der Waals surface area contributed by atoms with E-state index in [1.165, 1.54) is 0 Å². The lowest BCUT2D eigenvalue weighted by Crippen LogP contribution is -2.34. The summed E-state index contributed by atoms with van der Waals surface area (Å²) in [4.78, 5) is 12.1. The molecule has 2 aliphatic rings. The second-order valence-corrected chi connectivity index (χ2v) is 5.93. The van der Waals surface area contributed by atoms with Crippen LogP contribution < -0.4 is 0 Å². The summed E-state index contributed by atoms with van der Waals surface area (Å²) >= 11 is 3.37. The molecule has 0 heterocycles. The molecule has 90 valence electrons. The molecule has 3 heteroatoms. The van der Waals surface area contributed by atoms with Gasteiger partial charge in [0.05, 0.1) is 12.0 Å². The first kappa shape index (κ1) is 12.2. The largest absolute Gasteiger partial charge is 0.465 e. The Morgan fingerprint density at radius 3 is 2.88 bits per heavy atom. The van der Waals surface area contributed by atoms with Gasteiger partial charge in [0.2, 0.25) is 0 Å². The molecule has 0 unspecified atom stereocenters. The number of unbranched alkanes of at least 4 members (excludes halogenated alkanes) is 1. The molecule has 0 aromatic rings. The molecule has 3 atom stereocenters. The molecular weight excluding hydrogens is 268 g/mol. The first-order valence-electron chi connectivity index (χ1n) is 6.08. The highest BCUT2D eigenvalue weighted by Crippen LogP contribution is 2.52. The van der Waals surface area contributed by atoms with Crippen molar-refractivity contribution in [3.05, 3.63) is 12.2 Å². The Balaban J connectivity index is 1.83. The van der Waals surface area contributed by atoms with Gasteiger partial charge in [-0.25, -0.2) is 0 Å². The molecule has 2 bridgehead atoms. The smallest absolute Gasteiger partial charge is 0.312 e. The predicted molar refractivity (Wildman–Crippen MR) is 67.4 cm³/mol. The number of halogens is 1. The van der Waals surface area contributed by atoms with Gasteiger partial charge in [0, 0.05) is 5.33 Å². The minimum absolute atomic E-state index is 0.0129. The average Bonchev–Trinajstić information content (AvgIpc) is 2.84. The molecule has 0 saturated heterocycles. The first-order chi connectivity index (χ1) is 7.66. The Morgan fingerprint density at radius 1 is 1.50 bits per heavy atom. The minimum atomic E-state index is -0.242. The number of carbonyl (C=O) groups excluding carboxylic acids is 1. The van der Waals surface area contributed by atoms with Crippen molar-refractivity contribution in [2.45, 2.75) is 32.6 Å². The number of fused-ring (bicyclic) bond motifs is 2. The van der Waals surface area contributed by atoms with Crippen molar-refractivity contribution in [3.8, 4) is 0 Å². The predicted octanol–water partition coefficient (Wildman–Crippen LogP) is 3.31. The van der Waals surface area contributed by atoms with Crippen molar-refractivity contribution < 1.29 is 9.53 Å². The quantitative estimate of drug-likeness (QED) is 0.335. The third-order valence-corrected chi connectivity index (χ3v) is 4.47. The highest BCUT2D eigenvalue weighted by molar-refractivity contribution is 9.09. The summed E-state index contributed by atoms with van der Waals surface area (Å²) in [5, 5.41) is 0.981. The number of hydrogen-bond acceptors (Lipinski definition) is 2. The molecule has 0 aromatic heterocycles. The van der Waals surface area contributed by atoms with E-state index in [0.29, 0.717) is 18.4 Å². The first-order valence-corrected chi connectivity index (χ1v) is 7.20. The molecule has 0 N–H and O–H groups in total. The maximum Gasteiger partial charge on any atom is 0.312 e. The molecule has 16 heavy (non-hydrogen) atoms. The Kier molecular flexibility index (Phi) is 3.73. The van der Waals surface area contributed by atoms with Gasteiger partial charge in [0.25, 0.3) is 0 Å². The van der Waals surface area contributed by atoms with E-state index in [1.807, 2.05) is 0 Å². The molecular formula is C13H19BrO2. The van der Waals surface area contributed by atoms with Crippen molar-refractivity contribution in [3.63, 3.8) is 0 Å². The zero-order valence-electron chi connectivity index (χ0n) is 9.75. The SMILES string of the molecule is C[C@]1(C(=O)OCCCCBr)C[C@@H]2C=C[C@H]1C2. The number of carbonyl (C=O) groups is 1. The van der Waals surface area contributed by atoms with Gasteiger partial charge in [0.1, 0.15) is 0 Å². The molecule has 1 fully saturated rings. The maximum absolute atomic E-state index is 12.1. The fraction of sp³-hybridized carbons (Fsp3) is 0.769. The number of esters is 1. The van der Waals surface area contributed by atoms with E-state index < -0.39 is 0 Å². The summed E-state index contributed by atoms with van der Waals surface area (Å²) in [6.07, 6.45) is 8.60. The van der Waals surface area contributed by atoms with Gasteiger partial charge in [-0.05, 0) is 44.4 Å². The van der Waals surface area contributed by atoms with E-state index in [2.05, 4.69) is 35.0 Å². The Labute approximate surface area is 106 Å². The lowest BCUT2D eigenvalue weighted by molar-refractivity contribution is -0.156. The van der Waals surface area contributed by atoms with Crippen LogP contribution in [0.1, 0.15) is 32.6 Å². The summed E-state index contributed by atoms with van der Waals surface area (Å²) < 4.78 is 5.39. The average molecular weight is 287 g/mol. The van der Waals surface area contributed by atoms with Crippen LogP contribution in [-0.2, 0) is 9.53 Å². The van der Waals surface area contributed by atoms with Crippen molar-refractivity contribution in [1.82, 2.24) is 0 Å². The van der Waals surface area contributed by atoms with Gasteiger partial charge in [-0.3, -0.25) is 4.79 Å². The number of alkyl halides is 1. The van der Waals surface area contributed by atoms with Crippen LogP contribution in [0.15, 0.2) is 12.2 Å². The zero-order valence-corrected chi connectivity index (χ0v) is 11.3. The van der Waals surface area contributed by atoms with Crippen molar-refractivity contribution in [1.29, 1.82) is 0 Å². The van der Waals surface area contributed by atoms with Crippen LogP contribution >= 0.6 is 15.9 Å². The Morgan fingerprint density at radius 2 is 2.31 bits per heavy atom. The highest BCUT2D eigenvalue weighted by atomic mass is 79.9. The van der Waals surface area contributed by atoms with Crippen molar-refractivity contribution >= 4 is 21.9 Å². The van der Waals surface area contributed by atoms with E-state index in [0.717, 1.165) is 31.0 Å². The molecule has 2 aliphatic carbocycles. The van der Waals surface area contributed by atoms with Crippen molar-refractivity contribution in [2.75, 3.05) is 11.9 Å². The molecule has 0 spiro atoms. The summed E-state index contributed by atoms with van der Waals surface area (Å²) in [7, 11) is 0. The van der Waals surface area contributed by atoms with E-state index in [-0.39, 0.29) is 11.4 Å². The fourth-order valence-electron chi connectivity index (χ4n) is 2.86. The van der Waals surface area contributed by atoms with Crippen LogP contribution in [0.2, 0.25) is 0 Å². The molecule has 0 aromatic carbocycles. The summed E-state index contributed by atoms with van der Waals surface area (Å²) in [6, 6.07) is 0. The zero-order chi connectivity index (χ0) is 11.6. The standard InChI is InChI=1S/C13H19BrO2/c1-13(9-10-4-5-11(13)8-10)12(15)16-7-3-2-6-14/h4-5,10-11H,2-3,6-9H2,1H3/t10-,11+,13+/m1/s1. The lowest BCUT2D eigenvalue weighted by atomic mass is 9.78. The van der Waals surface area contributed by atoms with E-state index >= 15 is 0 Å². The molecule has 1 saturated carbocycles. The molecule has 0 amide bonds. The summed E-state index contributed by atoms with van der Waals surface area (Å²) in [5.74, 6) is 1.05. The van der Waals surface area contributed by atoms with E-state index in [1.54, 1.807) is 0 Å². The lowest BCUT2D eigenvalue weighted by Gasteiger charge is -2.28. The monoisotopic (exact) mass is 286 g/mol. The van der Waals surface area contributed by atoms with Crippen LogP contribution in [-0.4, -0.2) is 17.9 Å². The van der Waals surface area contributed by atoms with Gasteiger partial charge in [-0.1, -0.05) is 28.1 Å². The minimum Gasteiger partial charge on any atom is -0.465 e. The summed E-state index contributed by atoms with van der Waals surface area (Å²) in [6.45, 7) is 2.63. The third kappa shape index (κ3) is 2.20. The highest BCUT2D eigenvalue weighted by Gasteiger charge is 2.50. The second kappa shape index (κ2) is 4.91. The van der Waals surface area contributed by atoms with E-state index in [9.17, 15) is 4.79 Å². The second-order valence-electron chi connectivity index (χ2n) is 5.14. The van der Waals surface area contributed by atoms with Crippen LogP contribution in [0.4, 0.5) is 0 Å². The molecule has 2 rings (SSSR count). The molecule has 0 radical (unpaired) electrons. The van der Waals surface area contributed by atoms with Crippen molar-refractivity contribution in [2.24, 2.45) is 17.3 Å². The summed E-state index contributed by atoms with van der Waals surface area (Å²) in [5.41, 5.74) is -0.242. The Hall–Kier alpha value is -0.310. The van der Waals surface area contributed by atoms with Gasteiger partial charge in [-0.15, -0.1) is 0 Å². The third-order valence-electron chi connectivity index (χ3n) is 3.90. The fourth-order valence-corrected chi connectivity index (χ4v) is 3.25. The molecule has 0 aliphatic heterocycles. The van der Waals surface area contributed by atoms with Gasteiger partial charge in [-0.2, -0.15) is 0 Å². The van der Waals surface area contributed by atoms with Gasteiger partial charge < -0.3 is 4.74 Å². The number of allylic oxidation sites excluding steroid dienone is 2. The van der Waals surface area contributed by atoms with Crippen LogP contribution in [0.25, 0.3) is 0 Å². The van der Waals surface area contributed by atoms with Crippen LogP contribution in [0.5, 0.6) is 0 Å². The van der Waals surface area contributed by atoms with Crippen LogP contribution in [0.3, 0.4) is 0 Å². The van der Waals surface area contributed by atoms with Gasteiger partial charge >= 0.3 is 5.97 Å². The maximum atomic E-state index is 12.1. The normalized spacial score (nSPS) is 35.6. The number of ether oxygens (including phenoxy) is 1. The van der Waals surface area contributed by atoms with Gasteiger partial charge in [0.15, 0.2) is 0 Å². The Bertz CT molecular complexity index is 300. The van der Waals surface area contributed by atoms with Crippen LogP contribution in [0, 0.1) is 17.3 Å². The number of rotatable bonds is 5.